The normalized spacial score (nSPS) is 17.8. The maximum Gasteiger partial charge on any atom is 0.328 e. The standard InChI is InChI=1S/C8H14N2O3/c1-7(11)10-5-3-4-9(6-13-2)8(10)12/h3-6H2,1-2H3. The molecule has 1 fully saturated rings. The van der Waals surface area contributed by atoms with E-state index in [9.17, 15) is 9.59 Å². The van der Waals surface area contributed by atoms with Crippen molar-refractivity contribution in [3.8, 4) is 0 Å². The highest BCUT2D eigenvalue weighted by molar-refractivity contribution is 5.93. The van der Waals surface area contributed by atoms with Crippen LogP contribution in [0.2, 0.25) is 0 Å². The Bertz CT molecular complexity index is 215. The first-order valence-electron chi connectivity index (χ1n) is 4.22. The highest BCUT2D eigenvalue weighted by Crippen LogP contribution is 2.08. The lowest BCUT2D eigenvalue weighted by molar-refractivity contribution is -0.127. The average Bonchev–Trinajstić information content (AvgIpc) is 2.08. The van der Waals surface area contributed by atoms with Crippen LogP contribution >= 0.6 is 0 Å². The number of carbonyl (C=O) groups is 2. The summed E-state index contributed by atoms with van der Waals surface area (Å²) in [5, 5.41) is 0. The van der Waals surface area contributed by atoms with Gasteiger partial charge in [-0.25, -0.2) is 4.79 Å². The zero-order chi connectivity index (χ0) is 9.84. The largest absolute Gasteiger partial charge is 0.364 e. The summed E-state index contributed by atoms with van der Waals surface area (Å²) in [6.07, 6.45) is 0.814. The molecule has 1 heterocycles. The second-order valence-corrected chi connectivity index (χ2v) is 2.99. The van der Waals surface area contributed by atoms with E-state index in [1.165, 1.54) is 23.8 Å². The minimum Gasteiger partial charge on any atom is -0.364 e. The van der Waals surface area contributed by atoms with Crippen LogP contribution in [0.3, 0.4) is 0 Å². The molecule has 13 heavy (non-hydrogen) atoms. The summed E-state index contributed by atoms with van der Waals surface area (Å²) >= 11 is 0. The molecule has 0 unspecified atom stereocenters. The minimum atomic E-state index is -0.249. The Kier molecular flexibility index (Phi) is 3.25. The van der Waals surface area contributed by atoms with Crippen LogP contribution in [0.5, 0.6) is 0 Å². The Morgan fingerprint density at radius 1 is 1.54 bits per heavy atom. The topological polar surface area (TPSA) is 49.9 Å². The van der Waals surface area contributed by atoms with Gasteiger partial charge in [0, 0.05) is 27.1 Å². The second-order valence-electron chi connectivity index (χ2n) is 2.99. The fraction of sp³-hybridized carbons (Fsp3) is 0.750. The van der Waals surface area contributed by atoms with Crippen molar-refractivity contribution >= 4 is 11.9 Å². The van der Waals surface area contributed by atoms with Gasteiger partial charge in [-0.15, -0.1) is 0 Å². The van der Waals surface area contributed by atoms with Gasteiger partial charge in [-0.05, 0) is 6.42 Å². The van der Waals surface area contributed by atoms with Gasteiger partial charge in [0.15, 0.2) is 0 Å². The Morgan fingerprint density at radius 2 is 2.23 bits per heavy atom. The molecular weight excluding hydrogens is 172 g/mol. The van der Waals surface area contributed by atoms with Gasteiger partial charge in [0.25, 0.3) is 0 Å². The number of ether oxygens (including phenoxy) is 1. The minimum absolute atomic E-state index is 0.203. The van der Waals surface area contributed by atoms with Crippen LogP contribution < -0.4 is 0 Å². The molecule has 3 amide bonds. The first kappa shape index (κ1) is 9.98. The number of hydrogen-bond donors (Lipinski definition) is 0. The van der Waals surface area contributed by atoms with Crippen LogP contribution in [0.15, 0.2) is 0 Å². The van der Waals surface area contributed by atoms with Gasteiger partial charge in [0.2, 0.25) is 5.91 Å². The summed E-state index contributed by atoms with van der Waals surface area (Å²) in [7, 11) is 1.53. The number of urea groups is 1. The Labute approximate surface area is 77.2 Å². The van der Waals surface area contributed by atoms with E-state index in [-0.39, 0.29) is 18.7 Å². The van der Waals surface area contributed by atoms with Crippen LogP contribution in [-0.4, -0.2) is 48.7 Å². The zero-order valence-electron chi connectivity index (χ0n) is 7.95. The number of methoxy groups -OCH3 is 1. The fourth-order valence-electron chi connectivity index (χ4n) is 1.35. The van der Waals surface area contributed by atoms with Crippen LogP contribution in [0.1, 0.15) is 13.3 Å². The molecule has 1 aliphatic heterocycles. The highest BCUT2D eigenvalue weighted by atomic mass is 16.5. The molecule has 5 heteroatoms. The summed E-state index contributed by atoms with van der Waals surface area (Å²) in [5.41, 5.74) is 0. The zero-order valence-corrected chi connectivity index (χ0v) is 7.95. The van der Waals surface area contributed by atoms with Crippen molar-refractivity contribution in [1.29, 1.82) is 0 Å². The number of nitrogens with zero attached hydrogens (tertiary/aromatic N) is 2. The van der Waals surface area contributed by atoms with Gasteiger partial charge in [0.1, 0.15) is 6.73 Å². The van der Waals surface area contributed by atoms with E-state index in [2.05, 4.69) is 0 Å². The van der Waals surface area contributed by atoms with Crippen LogP contribution in [-0.2, 0) is 9.53 Å². The summed E-state index contributed by atoms with van der Waals surface area (Å²) in [5.74, 6) is -0.203. The number of imide groups is 1. The maximum absolute atomic E-state index is 11.5. The van der Waals surface area contributed by atoms with E-state index in [1.807, 2.05) is 0 Å². The molecule has 0 bridgehead atoms. The van der Waals surface area contributed by atoms with Gasteiger partial charge in [0.05, 0.1) is 0 Å². The summed E-state index contributed by atoms with van der Waals surface area (Å²) < 4.78 is 4.85. The molecule has 0 spiro atoms. The second kappa shape index (κ2) is 4.23. The van der Waals surface area contributed by atoms with Crippen LogP contribution in [0.4, 0.5) is 4.79 Å². The molecule has 5 nitrogen and oxygen atoms in total. The number of amides is 3. The van der Waals surface area contributed by atoms with Crippen LogP contribution in [0, 0.1) is 0 Å². The molecule has 0 aromatic heterocycles. The predicted octanol–water partition coefficient (Wildman–Crippen LogP) is 0.264. The van der Waals surface area contributed by atoms with E-state index in [0.717, 1.165) is 6.42 Å². The van der Waals surface area contributed by atoms with E-state index in [1.54, 1.807) is 0 Å². The Balaban J connectivity index is 2.60. The molecule has 0 atom stereocenters. The molecule has 1 rings (SSSR count). The van der Waals surface area contributed by atoms with Crippen molar-refractivity contribution in [3.63, 3.8) is 0 Å². The molecule has 1 saturated heterocycles. The molecule has 0 radical (unpaired) electrons. The van der Waals surface area contributed by atoms with Crippen molar-refractivity contribution in [2.75, 3.05) is 26.9 Å². The number of carbonyl (C=O) groups excluding carboxylic acids is 2. The summed E-state index contributed by atoms with van der Waals surface area (Å²) in [6, 6.07) is -0.249. The monoisotopic (exact) mass is 186 g/mol. The predicted molar refractivity (Wildman–Crippen MR) is 46.0 cm³/mol. The molecule has 1 aliphatic rings. The first-order valence-corrected chi connectivity index (χ1v) is 4.22. The smallest absolute Gasteiger partial charge is 0.328 e. The van der Waals surface area contributed by atoms with Crippen molar-refractivity contribution in [2.45, 2.75) is 13.3 Å². The molecule has 0 aromatic rings. The van der Waals surface area contributed by atoms with E-state index >= 15 is 0 Å². The first-order chi connectivity index (χ1) is 6.16. The third kappa shape index (κ3) is 2.18. The van der Waals surface area contributed by atoms with Crippen molar-refractivity contribution in [3.05, 3.63) is 0 Å². The third-order valence-electron chi connectivity index (χ3n) is 1.98. The SMILES string of the molecule is COCN1CCCN(C(C)=O)C1=O. The van der Waals surface area contributed by atoms with Gasteiger partial charge in [-0.3, -0.25) is 9.69 Å². The van der Waals surface area contributed by atoms with Crippen molar-refractivity contribution < 1.29 is 14.3 Å². The number of hydrogen-bond acceptors (Lipinski definition) is 3. The Hall–Kier alpha value is -1.10. The van der Waals surface area contributed by atoms with Gasteiger partial charge >= 0.3 is 6.03 Å². The quantitative estimate of drug-likeness (QED) is 0.621. The lowest BCUT2D eigenvalue weighted by Crippen LogP contribution is -2.51. The average molecular weight is 186 g/mol. The van der Waals surface area contributed by atoms with Crippen molar-refractivity contribution in [1.82, 2.24) is 9.80 Å². The van der Waals surface area contributed by atoms with E-state index in [0.29, 0.717) is 13.1 Å². The summed E-state index contributed by atoms with van der Waals surface area (Å²) in [6.45, 7) is 2.83. The van der Waals surface area contributed by atoms with Gasteiger partial charge in [-0.1, -0.05) is 0 Å². The maximum atomic E-state index is 11.5. The lowest BCUT2D eigenvalue weighted by atomic mass is 10.3. The lowest BCUT2D eigenvalue weighted by Gasteiger charge is -2.33. The molecule has 74 valence electrons. The molecular formula is C8H14N2O3. The van der Waals surface area contributed by atoms with Crippen molar-refractivity contribution in [2.24, 2.45) is 0 Å². The van der Waals surface area contributed by atoms with E-state index in [4.69, 9.17) is 4.74 Å². The fourth-order valence-corrected chi connectivity index (χ4v) is 1.35. The van der Waals surface area contributed by atoms with Crippen LogP contribution in [0.25, 0.3) is 0 Å². The third-order valence-corrected chi connectivity index (χ3v) is 1.98. The highest BCUT2D eigenvalue weighted by Gasteiger charge is 2.27. The van der Waals surface area contributed by atoms with E-state index < -0.39 is 0 Å². The summed E-state index contributed by atoms with van der Waals surface area (Å²) in [4.78, 5) is 25.3. The molecule has 0 saturated carbocycles. The number of rotatable bonds is 2. The Morgan fingerprint density at radius 3 is 2.77 bits per heavy atom. The molecule has 0 N–H and O–H groups in total. The molecule has 0 aromatic carbocycles. The molecule has 0 aliphatic carbocycles. The van der Waals surface area contributed by atoms with Gasteiger partial charge < -0.3 is 9.64 Å². The van der Waals surface area contributed by atoms with Gasteiger partial charge in [-0.2, -0.15) is 0 Å².